The van der Waals surface area contributed by atoms with Crippen LogP contribution in [0.5, 0.6) is 5.75 Å². The number of nitrogens with zero attached hydrogens (tertiary/aromatic N) is 1. The first-order chi connectivity index (χ1) is 11.6. The number of rotatable bonds is 5. The van der Waals surface area contributed by atoms with Gasteiger partial charge in [0.05, 0.1) is 7.11 Å². The number of para-hydroxylation sites is 1. The standard InChI is InChI=1S/C18H16FNO3S/c1-20(22-2)18(21)17-13(11-23-12-7-4-3-5-8-12)16-14(19)9-6-10-15(16)24-17/h3-10H,11H2,1-2H3. The quantitative estimate of drug-likeness (QED) is 0.649. The van der Waals surface area contributed by atoms with E-state index in [1.54, 1.807) is 12.1 Å². The van der Waals surface area contributed by atoms with Crippen molar-refractivity contribution >= 4 is 27.3 Å². The highest BCUT2D eigenvalue weighted by atomic mass is 32.1. The summed E-state index contributed by atoms with van der Waals surface area (Å²) in [5, 5.41) is 1.54. The number of benzene rings is 2. The molecule has 0 unspecified atom stereocenters. The van der Waals surface area contributed by atoms with Gasteiger partial charge in [0.2, 0.25) is 0 Å². The Morgan fingerprint density at radius 1 is 1.17 bits per heavy atom. The molecule has 0 aliphatic heterocycles. The van der Waals surface area contributed by atoms with Gasteiger partial charge in [0.1, 0.15) is 23.1 Å². The minimum Gasteiger partial charge on any atom is -0.489 e. The molecule has 1 aromatic heterocycles. The van der Waals surface area contributed by atoms with Crippen LogP contribution in [0.25, 0.3) is 10.1 Å². The van der Waals surface area contributed by atoms with E-state index in [1.807, 2.05) is 30.3 Å². The molecule has 1 heterocycles. The van der Waals surface area contributed by atoms with Crippen LogP contribution in [0.15, 0.2) is 48.5 Å². The minimum absolute atomic E-state index is 0.101. The van der Waals surface area contributed by atoms with Gasteiger partial charge in [-0.3, -0.25) is 9.63 Å². The Morgan fingerprint density at radius 2 is 1.92 bits per heavy atom. The lowest BCUT2D eigenvalue weighted by atomic mass is 10.1. The predicted octanol–water partition coefficient (Wildman–Crippen LogP) is 4.25. The normalized spacial score (nSPS) is 10.8. The van der Waals surface area contributed by atoms with Crippen molar-refractivity contribution in [3.8, 4) is 5.75 Å². The van der Waals surface area contributed by atoms with E-state index in [9.17, 15) is 9.18 Å². The molecule has 4 nitrogen and oxygen atoms in total. The van der Waals surface area contributed by atoms with Crippen LogP contribution in [0.4, 0.5) is 4.39 Å². The van der Waals surface area contributed by atoms with E-state index in [1.165, 1.54) is 31.6 Å². The number of ether oxygens (including phenoxy) is 1. The molecule has 1 amide bonds. The number of amides is 1. The number of hydrogen-bond acceptors (Lipinski definition) is 4. The van der Waals surface area contributed by atoms with Crippen LogP contribution in [0.3, 0.4) is 0 Å². The number of halogens is 1. The van der Waals surface area contributed by atoms with Gasteiger partial charge in [-0.05, 0) is 24.3 Å². The van der Waals surface area contributed by atoms with Crippen LogP contribution in [-0.2, 0) is 11.4 Å². The lowest BCUT2D eigenvalue weighted by Gasteiger charge is -2.14. The Kier molecular flexibility index (Phi) is 4.78. The van der Waals surface area contributed by atoms with Gasteiger partial charge in [0.25, 0.3) is 5.91 Å². The molecular formula is C18H16FNO3S. The second-order valence-corrected chi connectivity index (χ2v) is 6.16. The van der Waals surface area contributed by atoms with Gasteiger partial charge in [-0.2, -0.15) is 0 Å². The first kappa shape index (κ1) is 16.4. The molecule has 0 aliphatic carbocycles. The third-order valence-electron chi connectivity index (χ3n) is 3.64. The minimum atomic E-state index is -0.366. The summed E-state index contributed by atoms with van der Waals surface area (Å²) in [5.74, 6) is -0.0361. The van der Waals surface area contributed by atoms with Crippen LogP contribution < -0.4 is 4.74 Å². The third-order valence-corrected chi connectivity index (χ3v) is 4.83. The van der Waals surface area contributed by atoms with E-state index in [4.69, 9.17) is 9.57 Å². The molecule has 124 valence electrons. The zero-order chi connectivity index (χ0) is 17.1. The summed E-state index contributed by atoms with van der Waals surface area (Å²) in [4.78, 5) is 17.9. The molecule has 0 radical (unpaired) electrons. The van der Waals surface area contributed by atoms with Crippen molar-refractivity contribution in [2.45, 2.75) is 6.61 Å². The van der Waals surface area contributed by atoms with Gasteiger partial charge in [0, 0.05) is 22.7 Å². The zero-order valence-electron chi connectivity index (χ0n) is 13.3. The highest BCUT2D eigenvalue weighted by Gasteiger charge is 2.23. The maximum Gasteiger partial charge on any atom is 0.287 e. The maximum atomic E-state index is 14.3. The molecule has 0 fully saturated rings. The highest BCUT2D eigenvalue weighted by Crippen LogP contribution is 2.34. The molecule has 0 aliphatic rings. The summed E-state index contributed by atoms with van der Waals surface area (Å²) < 4.78 is 20.8. The lowest BCUT2D eigenvalue weighted by Crippen LogP contribution is -2.25. The maximum absolute atomic E-state index is 14.3. The van der Waals surface area contributed by atoms with Crippen molar-refractivity contribution in [1.29, 1.82) is 0 Å². The van der Waals surface area contributed by atoms with Crippen LogP contribution in [0.1, 0.15) is 15.2 Å². The van der Waals surface area contributed by atoms with Crippen LogP contribution in [0.2, 0.25) is 0 Å². The average Bonchev–Trinajstić information content (AvgIpc) is 2.99. The number of hydrogen-bond donors (Lipinski definition) is 0. The molecular weight excluding hydrogens is 329 g/mol. The van der Waals surface area contributed by atoms with E-state index in [-0.39, 0.29) is 18.3 Å². The van der Waals surface area contributed by atoms with Crippen molar-refractivity contribution in [1.82, 2.24) is 5.06 Å². The fourth-order valence-corrected chi connectivity index (χ4v) is 3.57. The summed E-state index contributed by atoms with van der Waals surface area (Å²) >= 11 is 1.23. The molecule has 0 N–H and O–H groups in total. The molecule has 0 spiro atoms. The molecule has 0 saturated carbocycles. The Bertz CT molecular complexity index is 863. The predicted molar refractivity (Wildman–Crippen MR) is 91.7 cm³/mol. The third kappa shape index (κ3) is 3.11. The van der Waals surface area contributed by atoms with E-state index < -0.39 is 0 Å². The Labute approximate surface area is 143 Å². The average molecular weight is 345 g/mol. The van der Waals surface area contributed by atoms with E-state index in [2.05, 4.69) is 0 Å². The van der Waals surface area contributed by atoms with Gasteiger partial charge in [-0.15, -0.1) is 11.3 Å². The van der Waals surface area contributed by atoms with Gasteiger partial charge < -0.3 is 4.74 Å². The summed E-state index contributed by atoms with van der Waals surface area (Å²) in [6.07, 6.45) is 0. The molecule has 6 heteroatoms. The Balaban J connectivity index is 2.04. The SMILES string of the molecule is CON(C)C(=O)c1sc2cccc(F)c2c1COc1ccccc1. The van der Waals surface area contributed by atoms with Gasteiger partial charge in [0.15, 0.2) is 0 Å². The topological polar surface area (TPSA) is 38.8 Å². The van der Waals surface area contributed by atoms with Crippen molar-refractivity contribution < 1.29 is 18.8 Å². The first-order valence-electron chi connectivity index (χ1n) is 7.31. The largest absolute Gasteiger partial charge is 0.489 e. The molecule has 0 atom stereocenters. The van der Waals surface area contributed by atoms with Crippen LogP contribution >= 0.6 is 11.3 Å². The smallest absolute Gasteiger partial charge is 0.287 e. The van der Waals surface area contributed by atoms with E-state index in [0.717, 1.165) is 5.06 Å². The van der Waals surface area contributed by atoms with Crippen molar-refractivity contribution in [2.24, 2.45) is 0 Å². The van der Waals surface area contributed by atoms with E-state index >= 15 is 0 Å². The van der Waals surface area contributed by atoms with Crippen LogP contribution in [-0.4, -0.2) is 25.1 Å². The second kappa shape index (κ2) is 6.98. The fraction of sp³-hybridized carbons (Fsp3) is 0.167. The Hall–Kier alpha value is -2.44. The molecule has 24 heavy (non-hydrogen) atoms. The molecule has 2 aromatic carbocycles. The van der Waals surface area contributed by atoms with Crippen LogP contribution in [0, 0.1) is 5.82 Å². The molecule has 3 aromatic rings. The number of carbonyl (C=O) groups excluding carboxylic acids is 1. The number of thiophene rings is 1. The van der Waals surface area contributed by atoms with E-state index in [0.29, 0.717) is 26.3 Å². The number of fused-ring (bicyclic) bond motifs is 1. The van der Waals surface area contributed by atoms with Crippen molar-refractivity contribution in [2.75, 3.05) is 14.2 Å². The number of hydroxylamine groups is 2. The first-order valence-corrected chi connectivity index (χ1v) is 8.13. The van der Waals surface area contributed by atoms with Gasteiger partial charge in [-0.1, -0.05) is 24.3 Å². The molecule has 0 bridgehead atoms. The van der Waals surface area contributed by atoms with Crippen molar-refractivity contribution in [3.63, 3.8) is 0 Å². The zero-order valence-corrected chi connectivity index (χ0v) is 14.1. The van der Waals surface area contributed by atoms with Gasteiger partial charge in [-0.25, -0.2) is 9.45 Å². The molecule has 0 saturated heterocycles. The summed E-state index contributed by atoms with van der Waals surface area (Å²) in [6, 6.07) is 14.0. The fourth-order valence-electron chi connectivity index (χ4n) is 2.38. The van der Waals surface area contributed by atoms with Crippen molar-refractivity contribution in [3.05, 3.63) is 64.8 Å². The Morgan fingerprint density at radius 3 is 2.62 bits per heavy atom. The number of carbonyl (C=O) groups is 1. The molecule has 3 rings (SSSR count). The second-order valence-electron chi connectivity index (χ2n) is 5.11. The summed E-state index contributed by atoms with van der Waals surface area (Å²) in [7, 11) is 2.93. The summed E-state index contributed by atoms with van der Waals surface area (Å²) in [5.41, 5.74) is 0.533. The highest BCUT2D eigenvalue weighted by molar-refractivity contribution is 7.21. The summed E-state index contributed by atoms with van der Waals surface area (Å²) in [6.45, 7) is 0.101. The lowest BCUT2D eigenvalue weighted by molar-refractivity contribution is -0.0754. The monoisotopic (exact) mass is 345 g/mol. The van der Waals surface area contributed by atoms with Gasteiger partial charge >= 0.3 is 0 Å².